The van der Waals surface area contributed by atoms with Crippen LogP contribution in [-0.4, -0.2) is 63.5 Å². The van der Waals surface area contributed by atoms with Crippen LogP contribution >= 0.6 is 0 Å². The normalized spacial score (nSPS) is 16.7. The van der Waals surface area contributed by atoms with Gasteiger partial charge < -0.3 is 14.2 Å². The summed E-state index contributed by atoms with van der Waals surface area (Å²) in [5, 5.41) is 0. The van der Waals surface area contributed by atoms with Crippen molar-refractivity contribution in [2.45, 2.75) is 26.2 Å². The Labute approximate surface area is 109 Å². The zero-order valence-corrected chi connectivity index (χ0v) is 11.4. The molecule has 5 heteroatoms. The summed E-state index contributed by atoms with van der Waals surface area (Å²) in [5.41, 5.74) is 0. The van der Waals surface area contributed by atoms with Crippen LogP contribution in [0.5, 0.6) is 0 Å². The molecule has 18 heavy (non-hydrogen) atoms. The van der Waals surface area contributed by atoms with E-state index >= 15 is 0 Å². The van der Waals surface area contributed by atoms with Crippen molar-refractivity contribution in [3.63, 3.8) is 0 Å². The topological polar surface area (TPSA) is 48.0 Å². The van der Waals surface area contributed by atoms with Gasteiger partial charge in [0.2, 0.25) is 0 Å². The highest BCUT2D eigenvalue weighted by molar-refractivity contribution is 5.70. The van der Waals surface area contributed by atoms with Gasteiger partial charge in [-0.2, -0.15) is 0 Å². The highest BCUT2D eigenvalue weighted by Crippen LogP contribution is 1.97. The number of ether oxygens (including phenoxy) is 3. The number of unbranched alkanes of at least 4 members (excludes halogenated alkanes) is 2. The van der Waals surface area contributed by atoms with E-state index < -0.39 is 0 Å². The maximum Gasteiger partial charge on any atom is 0.332 e. The summed E-state index contributed by atoms with van der Waals surface area (Å²) in [5.74, 6) is -0.256. The first kappa shape index (κ1) is 15.4. The van der Waals surface area contributed by atoms with E-state index in [1.165, 1.54) is 0 Å². The Hall–Kier alpha value is -0.650. The minimum Gasteiger partial charge on any atom is -0.464 e. The molecule has 0 amide bonds. The van der Waals surface area contributed by atoms with Crippen LogP contribution in [-0.2, 0) is 19.0 Å². The molecule has 1 heterocycles. The van der Waals surface area contributed by atoms with Gasteiger partial charge in [-0.1, -0.05) is 19.8 Å². The van der Waals surface area contributed by atoms with E-state index in [0.29, 0.717) is 13.2 Å². The van der Waals surface area contributed by atoms with Crippen molar-refractivity contribution in [1.82, 2.24) is 4.90 Å². The van der Waals surface area contributed by atoms with Crippen molar-refractivity contribution in [2.24, 2.45) is 0 Å². The van der Waals surface area contributed by atoms with E-state index in [2.05, 4.69) is 11.8 Å². The van der Waals surface area contributed by atoms with Crippen molar-refractivity contribution in [3.05, 3.63) is 0 Å². The molecule has 0 N–H and O–H groups in total. The quantitative estimate of drug-likeness (QED) is 0.458. The Balaban J connectivity index is 1.88. The second kappa shape index (κ2) is 10.3. The van der Waals surface area contributed by atoms with Gasteiger partial charge in [-0.3, -0.25) is 4.90 Å². The van der Waals surface area contributed by atoms with Gasteiger partial charge in [0.25, 0.3) is 0 Å². The van der Waals surface area contributed by atoms with E-state index in [1.54, 1.807) is 0 Å². The number of rotatable bonds is 9. The fourth-order valence-corrected chi connectivity index (χ4v) is 1.75. The largest absolute Gasteiger partial charge is 0.464 e. The van der Waals surface area contributed by atoms with Crippen LogP contribution < -0.4 is 0 Å². The number of nitrogens with zero attached hydrogens (tertiary/aromatic N) is 1. The highest BCUT2D eigenvalue weighted by Gasteiger charge is 2.10. The standard InChI is InChI=1S/C13H25NO4/c1-2-3-4-8-18-13(15)12-17-11-7-14-5-9-16-10-6-14/h2-12H2,1H3. The summed E-state index contributed by atoms with van der Waals surface area (Å²) < 4.78 is 15.6. The first-order valence-electron chi connectivity index (χ1n) is 6.86. The Bertz CT molecular complexity index is 217. The van der Waals surface area contributed by atoms with Crippen molar-refractivity contribution >= 4 is 5.97 Å². The fourth-order valence-electron chi connectivity index (χ4n) is 1.75. The van der Waals surface area contributed by atoms with E-state index in [9.17, 15) is 4.79 Å². The van der Waals surface area contributed by atoms with Crippen LogP contribution in [0, 0.1) is 0 Å². The average molecular weight is 259 g/mol. The van der Waals surface area contributed by atoms with Gasteiger partial charge in [-0.05, 0) is 6.42 Å². The summed E-state index contributed by atoms with van der Waals surface area (Å²) in [7, 11) is 0. The SMILES string of the molecule is CCCCCOC(=O)COCCN1CCOCC1. The smallest absolute Gasteiger partial charge is 0.332 e. The highest BCUT2D eigenvalue weighted by atomic mass is 16.6. The minimum absolute atomic E-state index is 0.0659. The molecule has 0 radical (unpaired) electrons. The summed E-state index contributed by atoms with van der Waals surface area (Å²) >= 11 is 0. The molecule has 0 saturated carbocycles. The second-order valence-corrected chi connectivity index (χ2v) is 4.43. The molecule has 0 bridgehead atoms. The van der Waals surface area contributed by atoms with E-state index in [1.807, 2.05) is 0 Å². The van der Waals surface area contributed by atoms with Gasteiger partial charge >= 0.3 is 5.97 Å². The van der Waals surface area contributed by atoms with E-state index in [0.717, 1.165) is 52.1 Å². The molecule has 1 fully saturated rings. The molecule has 0 aromatic carbocycles. The molecular weight excluding hydrogens is 234 g/mol. The van der Waals surface area contributed by atoms with Crippen LogP contribution in [0.2, 0.25) is 0 Å². The van der Waals surface area contributed by atoms with Crippen molar-refractivity contribution in [2.75, 3.05) is 52.7 Å². The Morgan fingerprint density at radius 3 is 2.72 bits per heavy atom. The molecular formula is C13H25NO4. The predicted molar refractivity (Wildman–Crippen MR) is 68.6 cm³/mol. The van der Waals surface area contributed by atoms with Gasteiger partial charge in [0.1, 0.15) is 6.61 Å². The molecule has 0 aliphatic carbocycles. The van der Waals surface area contributed by atoms with E-state index in [4.69, 9.17) is 14.2 Å². The average Bonchev–Trinajstić information content (AvgIpc) is 2.41. The lowest BCUT2D eigenvalue weighted by Crippen LogP contribution is -2.38. The van der Waals surface area contributed by atoms with Crippen molar-refractivity contribution in [3.8, 4) is 0 Å². The van der Waals surface area contributed by atoms with E-state index in [-0.39, 0.29) is 12.6 Å². The number of hydrogen-bond donors (Lipinski definition) is 0. The Morgan fingerprint density at radius 2 is 2.00 bits per heavy atom. The Morgan fingerprint density at radius 1 is 1.22 bits per heavy atom. The Kier molecular flexibility index (Phi) is 8.81. The third-order valence-electron chi connectivity index (χ3n) is 2.89. The summed E-state index contributed by atoms with van der Waals surface area (Å²) in [4.78, 5) is 13.6. The zero-order chi connectivity index (χ0) is 13.1. The number of hydrogen-bond acceptors (Lipinski definition) is 5. The molecule has 1 aliphatic rings. The third kappa shape index (κ3) is 7.63. The van der Waals surface area contributed by atoms with Gasteiger partial charge in [0, 0.05) is 19.6 Å². The second-order valence-electron chi connectivity index (χ2n) is 4.43. The molecule has 1 saturated heterocycles. The summed E-state index contributed by atoms with van der Waals surface area (Å²) in [6.07, 6.45) is 3.18. The number of carbonyl (C=O) groups excluding carboxylic acids is 1. The maximum atomic E-state index is 11.3. The van der Waals surface area contributed by atoms with Gasteiger partial charge in [-0.15, -0.1) is 0 Å². The predicted octanol–water partition coefficient (Wildman–Crippen LogP) is 1.07. The van der Waals surface area contributed by atoms with Crippen LogP contribution in [0.25, 0.3) is 0 Å². The van der Waals surface area contributed by atoms with Gasteiger partial charge in [-0.25, -0.2) is 4.79 Å². The van der Waals surface area contributed by atoms with Crippen LogP contribution in [0.3, 0.4) is 0 Å². The monoisotopic (exact) mass is 259 g/mol. The lowest BCUT2D eigenvalue weighted by molar-refractivity contribution is -0.149. The molecule has 0 spiro atoms. The number of carbonyl (C=O) groups is 1. The number of morpholine rings is 1. The lowest BCUT2D eigenvalue weighted by atomic mass is 10.3. The molecule has 0 aromatic heterocycles. The van der Waals surface area contributed by atoms with Gasteiger partial charge in [0.05, 0.1) is 26.4 Å². The maximum absolute atomic E-state index is 11.3. The zero-order valence-electron chi connectivity index (χ0n) is 11.4. The summed E-state index contributed by atoms with van der Waals surface area (Å²) in [6, 6.07) is 0. The molecule has 5 nitrogen and oxygen atoms in total. The molecule has 1 rings (SSSR count). The molecule has 0 aromatic rings. The van der Waals surface area contributed by atoms with Crippen molar-refractivity contribution < 1.29 is 19.0 Å². The first-order valence-corrected chi connectivity index (χ1v) is 6.86. The third-order valence-corrected chi connectivity index (χ3v) is 2.89. The molecule has 1 aliphatic heterocycles. The first-order chi connectivity index (χ1) is 8.83. The molecule has 106 valence electrons. The van der Waals surface area contributed by atoms with Crippen LogP contribution in [0.1, 0.15) is 26.2 Å². The van der Waals surface area contributed by atoms with Crippen LogP contribution in [0.15, 0.2) is 0 Å². The minimum atomic E-state index is -0.256. The number of esters is 1. The lowest BCUT2D eigenvalue weighted by Gasteiger charge is -2.26. The molecule has 0 atom stereocenters. The summed E-state index contributed by atoms with van der Waals surface area (Å²) in [6.45, 7) is 7.61. The fraction of sp³-hybridized carbons (Fsp3) is 0.923. The van der Waals surface area contributed by atoms with Crippen LogP contribution in [0.4, 0.5) is 0 Å². The van der Waals surface area contributed by atoms with Gasteiger partial charge in [0.15, 0.2) is 0 Å². The molecule has 0 unspecified atom stereocenters. The van der Waals surface area contributed by atoms with Crippen molar-refractivity contribution in [1.29, 1.82) is 0 Å².